The number of nitrogens with one attached hydrogen (secondary N) is 2. The van der Waals surface area contributed by atoms with E-state index in [2.05, 4.69) is 15.6 Å². The molecule has 2 N–H and O–H groups in total. The second-order valence-electron chi connectivity index (χ2n) is 9.81. The van der Waals surface area contributed by atoms with Gasteiger partial charge >= 0.3 is 6.09 Å². The summed E-state index contributed by atoms with van der Waals surface area (Å²) in [5, 5.41) is 5.76. The number of amides is 3. The number of cyclic esters (lactones) is 1. The van der Waals surface area contributed by atoms with E-state index in [0.29, 0.717) is 35.3 Å². The van der Waals surface area contributed by atoms with E-state index in [1.807, 2.05) is 37.3 Å². The first-order chi connectivity index (χ1) is 19.9. The van der Waals surface area contributed by atoms with Crippen molar-refractivity contribution >= 4 is 23.6 Å². The van der Waals surface area contributed by atoms with Crippen molar-refractivity contribution in [2.24, 2.45) is 0 Å². The van der Waals surface area contributed by atoms with Gasteiger partial charge in [-0.05, 0) is 66.6 Å². The molecule has 1 saturated heterocycles. The third-order valence-electron chi connectivity index (χ3n) is 6.84. The zero-order valence-corrected chi connectivity index (χ0v) is 22.4. The van der Waals surface area contributed by atoms with Crippen LogP contribution in [0, 0.1) is 12.7 Å². The van der Waals surface area contributed by atoms with Gasteiger partial charge in [-0.1, -0.05) is 48.0 Å². The Hall–Kier alpha value is -5.05. The van der Waals surface area contributed by atoms with Crippen molar-refractivity contribution in [3.63, 3.8) is 0 Å². The van der Waals surface area contributed by atoms with Crippen molar-refractivity contribution in [2.75, 3.05) is 11.9 Å². The molecule has 1 fully saturated rings. The number of carbonyl (C=O) groups excluding carboxylic acids is 3. The van der Waals surface area contributed by atoms with E-state index in [1.54, 1.807) is 54.7 Å². The maximum atomic E-state index is 13.5. The fourth-order valence-corrected chi connectivity index (χ4v) is 4.63. The summed E-state index contributed by atoms with van der Waals surface area (Å²) in [5.41, 5.74) is 4.23. The Morgan fingerprint density at radius 3 is 2.37 bits per heavy atom. The molecular formula is C32H29FN4O4. The van der Waals surface area contributed by atoms with E-state index in [1.165, 1.54) is 17.0 Å². The van der Waals surface area contributed by atoms with Gasteiger partial charge in [0.2, 0.25) is 5.91 Å². The highest BCUT2D eigenvalue weighted by Crippen LogP contribution is 2.34. The molecule has 0 saturated carbocycles. The van der Waals surface area contributed by atoms with Gasteiger partial charge in [0.05, 0.1) is 6.54 Å². The van der Waals surface area contributed by atoms with E-state index in [9.17, 15) is 18.8 Å². The van der Waals surface area contributed by atoms with Gasteiger partial charge in [0.25, 0.3) is 5.91 Å². The molecule has 0 aliphatic carbocycles. The summed E-state index contributed by atoms with van der Waals surface area (Å²) in [6.45, 7) is 2.34. The predicted molar refractivity (Wildman–Crippen MR) is 151 cm³/mol. The van der Waals surface area contributed by atoms with Gasteiger partial charge in [-0.15, -0.1) is 0 Å². The molecule has 0 unspecified atom stereocenters. The van der Waals surface area contributed by atoms with Crippen LogP contribution < -0.4 is 10.6 Å². The number of benzene rings is 3. The number of hydrogen-bond acceptors (Lipinski definition) is 5. The molecule has 208 valence electrons. The zero-order valence-electron chi connectivity index (χ0n) is 22.4. The first-order valence-electron chi connectivity index (χ1n) is 13.2. The van der Waals surface area contributed by atoms with Crippen LogP contribution in [0.2, 0.25) is 0 Å². The normalized spacial score (nSPS) is 16.2. The zero-order chi connectivity index (χ0) is 28.8. The monoisotopic (exact) mass is 552 g/mol. The molecule has 4 aromatic rings. The maximum Gasteiger partial charge on any atom is 0.411 e. The highest BCUT2D eigenvalue weighted by Gasteiger charge is 2.46. The SMILES string of the molecule is Cc1ccc(C(=O)Nc2ccc([C@@H]3OC(=O)N(Cc4ccc(F)cc4)[C@@H]3C(=O)NCCc3ccccn3)cc2)cc1. The topological polar surface area (TPSA) is 101 Å². The van der Waals surface area contributed by atoms with Crippen LogP contribution in [0.3, 0.4) is 0 Å². The summed E-state index contributed by atoms with van der Waals surface area (Å²) < 4.78 is 19.2. The van der Waals surface area contributed by atoms with Crippen LogP contribution in [0.4, 0.5) is 14.9 Å². The summed E-state index contributed by atoms with van der Waals surface area (Å²) in [4.78, 5) is 44.8. The Morgan fingerprint density at radius 1 is 0.951 bits per heavy atom. The molecule has 0 bridgehead atoms. The van der Waals surface area contributed by atoms with Crippen LogP contribution in [0.5, 0.6) is 0 Å². The highest BCUT2D eigenvalue weighted by molar-refractivity contribution is 6.04. The van der Waals surface area contributed by atoms with Gasteiger partial charge < -0.3 is 15.4 Å². The Bertz CT molecular complexity index is 1510. The van der Waals surface area contributed by atoms with E-state index in [0.717, 1.165) is 11.3 Å². The molecule has 3 amide bonds. The molecule has 5 rings (SSSR count). The van der Waals surface area contributed by atoms with Crippen LogP contribution in [-0.2, 0) is 22.5 Å². The number of aryl methyl sites for hydroxylation is 1. The second kappa shape index (κ2) is 12.4. The minimum atomic E-state index is -0.968. The number of rotatable bonds is 9. The van der Waals surface area contributed by atoms with Crippen LogP contribution in [-0.4, -0.2) is 40.4 Å². The van der Waals surface area contributed by atoms with Crippen molar-refractivity contribution in [3.8, 4) is 0 Å². The predicted octanol–water partition coefficient (Wildman–Crippen LogP) is 5.20. The molecule has 1 aromatic heterocycles. The van der Waals surface area contributed by atoms with Gasteiger partial charge in [-0.3, -0.25) is 19.5 Å². The van der Waals surface area contributed by atoms with Crippen LogP contribution in [0.25, 0.3) is 0 Å². The highest BCUT2D eigenvalue weighted by atomic mass is 19.1. The lowest BCUT2D eigenvalue weighted by Crippen LogP contribution is -2.46. The average Bonchev–Trinajstić information content (AvgIpc) is 3.31. The van der Waals surface area contributed by atoms with Gasteiger partial charge in [0.15, 0.2) is 12.1 Å². The van der Waals surface area contributed by atoms with Crippen LogP contribution >= 0.6 is 0 Å². The van der Waals surface area contributed by atoms with Crippen molar-refractivity contribution < 1.29 is 23.5 Å². The van der Waals surface area contributed by atoms with E-state index >= 15 is 0 Å². The lowest BCUT2D eigenvalue weighted by atomic mass is 10.00. The van der Waals surface area contributed by atoms with Crippen LogP contribution in [0.15, 0.2) is 97.2 Å². The Morgan fingerprint density at radius 2 is 1.68 bits per heavy atom. The smallest absolute Gasteiger partial charge is 0.411 e. The number of ether oxygens (including phenoxy) is 1. The molecule has 9 heteroatoms. The van der Waals surface area contributed by atoms with Crippen LogP contribution in [0.1, 0.15) is 38.8 Å². The van der Waals surface area contributed by atoms with Crippen molar-refractivity contribution in [2.45, 2.75) is 32.0 Å². The molecule has 41 heavy (non-hydrogen) atoms. The molecule has 1 aliphatic rings. The summed E-state index contributed by atoms with van der Waals surface area (Å²) in [5.74, 6) is -1.02. The fraction of sp³-hybridized carbons (Fsp3) is 0.188. The summed E-state index contributed by atoms with van der Waals surface area (Å²) in [6, 6.07) is 24.4. The number of pyridine rings is 1. The number of hydrogen-bond donors (Lipinski definition) is 2. The van der Waals surface area contributed by atoms with E-state index in [-0.39, 0.29) is 18.4 Å². The lowest BCUT2D eigenvalue weighted by Gasteiger charge is -2.24. The minimum absolute atomic E-state index is 0.0681. The molecule has 3 aromatic carbocycles. The molecule has 0 radical (unpaired) electrons. The number of aromatic nitrogens is 1. The number of halogens is 1. The van der Waals surface area contributed by atoms with Gasteiger partial charge in [-0.2, -0.15) is 0 Å². The Kier molecular flexibility index (Phi) is 8.34. The Balaban J connectivity index is 1.33. The van der Waals surface area contributed by atoms with Gasteiger partial charge in [0.1, 0.15) is 5.82 Å². The molecule has 2 atom stereocenters. The fourth-order valence-electron chi connectivity index (χ4n) is 4.63. The first kappa shape index (κ1) is 27.5. The minimum Gasteiger partial charge on any atom is -0.438 e. The molecule has 2 heterocycles. The average molecular weight is 553 g/mol. The Labute approximate surface area is 237 Å². The maximum absolute atomic E-state index is 13.5. The third-order valence-corrected chi connectivity index (χ3v) is 6.84. The summed E-state index contributed by atoms with van der Waals surface area (Å²) in [7, 11) is 0. The van der Waals surface area contributed by atoms with E-state index in [4.69, 9.17) is 4.74 Å². The second-order valence-corrected chi connectivity index (χ2v) is 9.81. The lowest BCUT2D eigenvalue weighted by molar-refractivity contribution is -0.126. The number of anilines is 1. The van der Waals surface area contributed by atoms with Gasteiger partial charge in [-0.25, -0.2) is 9.18 Å². The van der Waals surface area contributed by atoms with Crippen molar-refractivity contribution in [3.05, 3.63) is 131 Å². The molecule has 0 spiro atoms. The number of nitrogens with zero attached hydrogens (tertiary/aromatic N) is 2. The van der Waals surface area contributed by atoms with E-state index < -0.39 is 24.1 Å². The molecule has 8 nitrogen and oxygen atoms in total. The largest absolute Gasteiger partial charge is 0.438 e. The standard InChI is InChI=1S/C32H29FN4O4/c1-21-5-9-24(10-6-21)30(38)36-27-15-11-23(12-16-27)29-28(31(39)35-19-17-26-4-2-3-18-34-26)37(32(40)41-29)20-22-7-13-25(33)14-8-22/h2-16,18,28-29H,17,19-20H2,1H3,(H,35,39)(H,36,38)/t28-,29-/m0/s1. The molecular weight excluding hydrogens is 523 g/mol. The van der Waals surface area contributed by atoms with Crippen molar-refractivity contribution in [1.82, 2.24) is 15.2 Å². The quantitative estimate of drug-likeness (QED) is 0.297. The number of carbonyl (C=O) groups is 3. The van der Waals surface area contributed by atoms with Gasteiger partial charge in [0, 0.05) is 36.1 Å². The summed E-state index contributed by atoms with van der Waals surface area (Å²) in [6.07, 6.45) is 0.667. The van der Waals surface area contributed by atoms with Crippen molar-refractivity contribution in [1.29, 1.82) is 0 Å². The first-order valence-corrected chi connectivity index (χ1v) is 13.2. The third kappa shape index (κ3) is 6.75. The summed E-state index contributed by atoms with van der Waals surface area (Å²) >= 11 is 0. The molecule has 1 aliphatic heterocycles.